The van der Waals surface area contributed by atoms with Gasteiger partial charge in [0, 0.05) is 24.6 Å². The molecule has 2 heterocycles. The van der Waals surface area contributed by atoms with Gasteiger partial charge in [0.2, 0.25) is 23.6 Å². The van der Waals surface area contributed by atoms with Crippen LogP contribution in [0.1, 0.15) is 32.0 Å². The Kier molecular flexibility index (Phi) is 5.44. The zero-order valence-corrected chi connectivity index (χ0v) is 14.7. The lowest BCUT2D eigenvalue weighted by Crippen LogP contribution is -2.05. The zero-order valence-electron chi connectivity index (χ0n) is 13.9. The Bertz CT molecular complexity index is 861. The van der Waals surface area contributed by atoms with E-state index < -0.39 is 0 Å². The average Bonchev–Trinajstić information content (AvgIpc) is 3.22. The maximum Gasteiger partial charge on any atom is 0.277 e. The van der Waals surface area contributed by atoms with Gasteiger partial charge in [-0.15, -0.1) is 20.4 Å². The molecular weight excluding hydrogens is 342 g/mol. The lowest BCUT2D eigenvalue weighted by atomic mass is 10.2. The molecule has 0 radical (unpaired) electrons. The van der Waals surface area contributed by atoms with Crippen molar-refractivity contribution in [3.05, 3.63) is 36.0 Å². The van der Waals surface area contributed by atoms with Crippen molar-refractivity contribution in [3.8, 4) is 11.5 Å². The van der Waals surface area contributed by atoms with E-state index >= 15 is 0 Å². The van der Waals surface area contributed by atoms with Gasteiger partial charge < -0.3 is 14.2 Å². The van der Waals surface area contributed by atoms with E-state index in [1.165, 1.54) is 18.7 Å². The minimum Gasteiger partial charge on any atom is -0.424 e. The smallest absolute Gasteiger partial charge is 0.277 e. The number of aryl methyl sites for hydroxylation is 1. The number of hydrogen-bond acceptors (Lipinski definition) is 8. The first-order valence-corrected chi connectivity index (χ1v) is 8.78. The molecule has 9 heteroatoms. The van der Waals surface area contributed by atoms with Gasteiger partial charge in [-0.3, -0.25) is 4.79 Å². The highest BCUT2D eigenvalue weighted by Crippen LogP contribution is 2.26. The van der Waals surface area contributed by atoms with Crippen molar-refractivity contribution in [1.82, 2.24) is 20.4 Å². The van der Waals surface area contributed by atoms with Crippen LogP contribution < -0.4 is 5.32 Å². The number of thioether (sulfide) groups is 1. The van der Waals surface area contributed by atoms with Crippen LogP contribution in [0.4, 0.5) is 5.69 Å². The lowest BCUT2D eigenvalue weighted by Gasteiger charge is -2.02. The van der Waals surface area contributed by atoms with Crippen molar-refractivity contribution >= 4 is 23.4 Å². The van der Waals surface area contributed by atoms with Crippen LogP contribution in [0.3, 0.4) is 0 Å². The summed E-state index contributed by atoms with van der Waals surface area (Å²) in [4.78, 5) is 11.1. The molecular formula is C16H17N5O3S. The monoisotopic (exact) mass is 359 g/mol. The van der Waals surface area contributed by atoms with Gasteiger partial charge in [0.15, 0.2) is 0 Å². The second kappa shape index (κ2) is 7.93. The zero-order chi connectivity index (χ0) is 17.6. The second-order valence-corrected chi connectivity index (χ2v) is 6.19. The largest absolute Gasteiger partial charge is 0.424 e. The highest BCUT2D eigenvalue weighted by Gasteiger charge is 2.12. The number of hydrogen-bond donors (Lipinski definition) is 1. The van der Waals surface area contributed by atoms with Crippen LogP contribution in [0.2, 0.25) is 0 Å². The maximum absolute atomic E-state index is 11.1. The van der Waals surface area contributed by atoms with Gasteiger partial charge in [0.1, 0.15) is 0 Å². The minimum absolute atomic E-state index is 0.138. The molecule has 0 aliphatic rings. The van der Waals surface area contributed by atoms with Crippen molar-refractivity contribution in [2.45, 2.75) is 37.7 Å². The van der Waals surface area contributed by atoms with Crippen LogP contribution in [-0.4, -0.2) is 26.3 Å². The molecule has 1 amide bonds. The number of aromatic nitrogens is 4. The third-order valence-electron chi connectivity index (χ3n) is 3.13. The lowest BCUT2D eigenvalue weighted by molar-refractivity contribution is -0.114. The number of anilines is 1. The van der Waals surface area contributed by atoms with Crippen LogP contribution in [0.15, 0.2) is 38.3 Å². The molecule has 0 saturated carbocycles. The summed E-state index contributed by atoms with van der Waals surface area (Å²) in [7, 11) is 0. The molecule has 0 saturated heterocycles. The minimum atomic E-state index is -0.138. The summed E-state index contributed by atoms with van der Waals surface area (Å²) in [6.07, 6.45) is 1.73. The molecule has 0 fully saturated rings. The topological polar surface area (TPSA) is 107 Å². The maximum atomic E-state index is 11.1. The van der Waals surface area contributed by atoms with Crippen molar-refractivity contribution in [2.24, 2.45) is 0 Å². The summed E-state index contributed by atoms with van der Waals surface area (Å²) in [5.41, 5.74) is 1.40. The highest BCUT2D eigenvalue weighted by atomic mass is 32.2. The Morgan fingerprint density at radius 3 is 2.80 bits per heavy atom. The van der Waals surface area contributed by atoms with E-state index in [0.29, 0.717) is 34.3 Å². The Morgan fingerprint density at radius 2 is 2.00 bits per heavy atom. The molecule has 0 aliphatic heterocycles. The molecule has 3 aromatic rings. The standard InChI is InChI=1S/C16H17N5O3S/c1-3-5-13-18-19-14(23-13)9-25-16-21-20-15(24-16)11-6-4-7-12(8-11)17-10(2)22/h4,6-8H,3,5,9H2,1-2H3,(H,17,22). The molecule has 0 spiro atoms. The van der Waals surface area contributed by atoms with Crippen molar-refractivity contribution in [3.63, 3.8) is 0 Å². The van der Waals surface area contributed by atoms with E-state index in [-0.39, 0.29) is 5.91 Å². The van der Waals surface area contributed by atoms with Gasteiger partial charge in [0.05, 0.1) is 5.75 Å². The molecule has 8 nitrogen and oxygen atoms in total. The predicted octanol–water partition coefficient (Wildman–Crippen LogP) is 3.32. The van der Waals surface area contributed by atoms with Gasteiger partial charge in [-0.1, -0.05) is 24.8 Å². The second-order valence-electron chi connectivity index (χ2n) is 5.26. The van der Waals surface area contributed by atoms with Crippen LogP contribution in [-0.2, 0) is 17.0 Å². The van der Waals surface area contributed by atoms with Gasteiger partial charge in [-0.2, -0.15) is 0 Å². The first-order chi connectivity index (χ1) is 12.1. The summed E-state index contributed by atoms with van der Waals surface area (Å²) < 4.78 is 11.2. The van der Waals surface area contributed by atoms with Gasteiger partial charge in [-0.05, 0) is 24.6 Å². The molecule has 0 bridgehead atoms. The molecule has 1 N–H and O–H groups in total. The number of rotatable bonds is 7. The van der Waals surface area contributed by atoms with Gasteiger partial charge in [0.25, 0.3) is 5.22 Å². The van der Waals surface area contributed by atoms with Crippen LogP contribution >= 0.6 is 11.8 Å². The molecule has 130 valence electrons. The number of amides is 1. The quantitative estimate of drug-likeness (QED) is 0.640. The Morgan fingerprint density at radius 1 is 1.16 bits per heavy atom. The van der Waals surface area contributed by atoms with Crippen molar-refractivity contribution in [1.29, 1.82) is 0 Å². The number of benzene rings is 1. The predicted molar refractivity (Wildman–Crippen MR) is 91.9 cm³/mol. The fourth-order valence-corrected chi connectivity index (χ4v) is 2.70. The van der Waals surface area contributed by atoms with E-state index in [1.807, 2.05) is 12.1 Å². The van der Waals surface area contributed by atoms with E-state index in [9.17, 15) is 4.79 Å². The summed E-state index contributed by atoms with van der Waals surface area (Å²) in [6.45, 7) is 3.51. The Labute approximate surface area is 148 Å². The fourth-order valence-electron chi connectivity index (χ4n) is 2.10. The summed E-state index contributed by atoms with van der Waals surface area (Å²) in [6, 6.07) is 7.21. The summed E-state index contributed by atoms with van der Waals surface area (Å²) in [5.74, 6) is 1.87. The molecule has 25 heavy (non-hydrogen) atoms. The third kappa shape index (κ3) is 4.66. The number of nitrogens with zero attached hydrogens (tertiary/aromatic N) is 4. The fraction of sp³-hybridized carbons (Fsp3) is 0.312. The third-order valence-corrected chi connectivity index (χ3v) is 3.93. The van der Waals surface area contributed by atoms with Gasteiger partial charge >= 0.3 is 0 Å². The summed E-state index contributed by atoms with van der Waals surface area (Å²) >= 11 is 1.33. The van der Waals surface area contributed by atoms with Crippen molar-refractivity contribution < 1.29 is 13.6 Å². The SMILES string of the molecule is CCCc1nnc(CSc2nnc(-c3cccc(NC(C)=O)c3)o2)o1. The number of carbonyl (C=O) groups excluding carboxylic acids is 1. The van der Waals surface area contributed by atoms with E-state index in [0.717, 1.165) is 18.4 Å². The van der Waals surface area contributed by atoms with Gasteiger partial charge in [-0.25, -0.2) is 0 Å². The Hall–Kier alpha value is -2.68. The molecule has 2 aromatic heterocycles. The number of carbonyl (C=O) groups is 1. The van der Waals surface area contributed by atoms with E-state index in [2.05, 4.69) is 32.6 Å². The molecule has 0 aliphatic carbocycles. The van der Waals surface area contributed by atoms with E-state index in [4.69, 9.17) is 8.83 Å². The summed E-state index contributed by atoms with van der Waals surface area (Å²) in [5, 5.41) is 19.1. The van der Waals surface area contributed by atoms with Crippen LogP contribution in [0.25, 0.3) is 11.5 Å². The highest BCUT2D eigenvalue weighted by molar-refractivity contribution is 7.98. The normalized spacial score (nSPS) is 10.8. The van der Waals surface area contributed by atoms with Crippen LogP contribution in [0, 0.1) is 0 Å². The molecule has 3 rings (SSSR count). The number of nitrogens with one attached hydrogen (secondary N) is 1. The average molecular weight is 359 g/mol. The molecule has 1 aromatic carbocycles. The molecule has 0 unspecified atom stereocenters. The van der Waals surface area contributed by atoms with E-state index in [1.54, 1.807) is 12.1 Å². The van der Waals surface area contributed by atoms with Crippen LogP contribution in [0.5, 0.6) is 0 Å². The first-order valence-electron chi connectivity index (χ1n) is 7.79. The first kappa shape index (κ1) is 17.2. The molecule has 0 atom stereocenters. The van der Waals surface area contributed by atoms with Crippen molar-refractivity contribution in [2.75, 3.05) is 5.32 Å². The Balaban J connectivity index is 1.64.